The van der Waals surface area contributed by atoms with E-state index in [2.05, 4.69) is 74.4 Å². The van der Waals surface area contributed by atoms with Crippen molar-refractivity contribution in [2.24, 2.45) is 0 Å². The quantitative estimate of drug-likeness (QED) is 0.417. The number of benzene rings is 2. The second kappa shape index (κ2) is 10.1. The molecule has 1 aliphatic carbocycles. The molecule has 0 unspecified atom stereocenters. The van der Waals surface area contributed by atoms with Crippen LogP contribution in [-0.2, 0) is 25.7 Å². The Bertz CT molecular complexity index is 884. The molecule has 0 fully saturated rings. The van der Waals surface area contributed by atoms with Gasteiger partial charge in [0.15, 0.2) is 0 Å². The van der Waals surface area contributed by atoms with Crippen LogP contribution in [0.25, 0.3) is 0 Å². The molecule has 0 heterocycles. The van der Waals surface area contributed by atoms with Crippen LogP contribution in [0.2, 0.25) is 0 Å². The summed E-state index contributed by atoms with van der Waals surface area (Å²) >= 11 is 0. The Morgan fingerprint density at radius 1 is 0.786 bits per heavy atom. The molecule has 0 heteroatoms. The fraction of sp³-hybridized carbons (Fsp3) is 0.357. The first-order valence-corrected chi connectivity index (χ1v) is 10.8. The van der Waals surface area contributed by atoms with Crippen LogP contribution in [0, 0.1) is 12.3 Å². The van der Waals surface area contributed by atoms with E-state index in [0.717, 1.165) is 50.5 Å². The smallest absolute Gasteiger partial charge is 0.0237 e. The van der Waals surface area contributed by atoms with E-state index in [1.165, 1.54) is 39.8 Å². The number of terminal acetylenes is 1. The lowest BCUT2D eigenvalue weighted by atomic mass is 9.96. The highest BCUT2D eigenvalue weighted by Crippen LogP contribution is 2.31. The van der Waals surface area contributed by atoms with Crippen molar-refractivity contribution in [3.63, 3.8) is 0 Å². The molecule has 2 aromatic carbocycles. The predicted molar refractivity (Wildman–Crippen MR) is 121 cm³/mol. The lowest BCUT2D eigenvalue weighted by Crippen LogP contribution is -1.94. The Balaban J connectivity index is 1.51. The van der Waals surface area contributed by atoms with Gasteiger partial charge in [-0.25, -0.2) is 0 Å². The molecule has 0 saturated heterocycles. The fourth-order valence-electron chi connectivity index (χ4n) is 4.14. The molecule has 0 aromatic heterocycles. The van der Waals surface area contributed by atoms with Gasteiger partial charge < -0.3 is 0 Å². The van der Waals surface area contributed by atoms with Crippen LogP contribution in [-0.4, -0.2) is 0 Å². The minimum absolute atomic E-state index is 1.07. The second-order valence-corrected chi connectivity index (χ2v) is 7.79. The molecule has 144 valence electrons. The van der Waals surface area contributed by atoms with Gasteiger partial charge in [0.25, 0.3) is 0 Å². The second-order valence-electron chi connectivity index (χ2n) is 7.79. The summed E-state index contributed by atoms with van der Waals surface area (Å²) in [6.45, 7) is 4.44. The van der Waals surface area contributed by atoms with Crippen LogP contribution in [0.3, 0.4) is 0 Å². The van der Waals surface area contributed by atoms with E-state index in [4.69, 9.17) is 6.42 Å². The Morgan fingerprint density at radius 3 is 2.18 bits per heavy atom. The molecule has 1 aliphatic rings. The number of rotatable bonds is 9. The van der Waals surface area contributed by atoms with Crippen LogP contribution in [0.1, 0.15) is 61.8 Å². The molecule has 0 radical (unpaired) electrons. The molecular formula is C28H32. The number of allylic oxidation sites excluding steroid dienone is 4. The normalized spacial score (nSPS) is 13.5. The topological polar surface area (TPSA) is 0 Å². The maximum absolute atomic E-state index is 5.80. The van der Waals surface area contributed by atoms with Gasteiger partial charge in [0, 0.05) is 5.57 Å². The SMILES string of the molecule is C#CC1=C(CCCc2ccc(CC)cc2)CC(CCc2ccccc2CC)=C1. The van der Waals surface area contributed by atoms with Gasteiger partial charge >= 0.3 is 0 Å². The molecule has 2 aromatic rings. The van der Waals surface area contributed by atoms with Crippen molar-refractivity contribution in [2.75, 3.05) is 0 Å². The van der Waals surface area contributed by atoms with Crippen molar-refractivity contribution >= 4 is 0 Å². The average molecular weight is 369 g/mol. The van der Waals surface area contributed by atoms with Crippen molar-refractivity contribution < 1.29 is 0 Å². The van der Waals surface area contributed by atoms with Crippen LogP contribution in [0.5, 0.6) is 0 Å². The summed E-state index contributed by atoms with van der Waals surface area (Å²) < 4.78 is 0. The molecule has 0 atom stereocenters. The highest BCUT2D eigenvalue weighted by atomic mass is 14.2. The molecule has 0 saturated carbocycles. The zero-order valence-electron chi connectivity index (χ0n) is 17.4. The number of aryl methyl sites for hydroxylation is 4. The van der Waals surface area contributed by atoms with E-state index in [1.54, 1.807) is 0 Å². The third-order valence-corrected chi connectivity index (χ3v) is 5.92. The van der Waals surface area contributed by atoms with E-state index >= 15 is 0 Å². The molecule has 0 aliphatic heterocycles. The highest BCUT2D eigenvalue weighted by Gasteiger charge is 2.15. The first-order chi connectivity index (χ1) is 13.7. The van der Waals surface area contributed by atoms with E-state index in [0.29, 0.717) is 0 Å². The van der Waals surface area contributed by atoms with Gasteiger partial charge in [-0.2, -0.15) is 0 Å². The van der Waals surface area contributed by atoms with Gasteiger partial charge in [0.1, 0.15) is 0 Å². The monoisotopic (exact) mass is 368 g/mol. The van der Waals surface area contributed by atoms with Crippen molar-refractivity contribution in [3.8, 4) is 12.3 Å². The Morgan fingerprint density at radius 2 is 1.50 bits per heavy atom. The van der Waals surface area contributed by atoms with Gasteiger partial charge in [-0.1, -0.05) is 79.4 Å². The van der Waals surface area contributed by atoms with Crippen molar-refractivity contribution in [1.29, 1.82) is 0 Å². The molecule has 0 bridgehead atoms. The standard InChI is InChI=1S/C28H32/c1-4-22-14-16-23(17-15-22)10-9-13-28-21-24(20-26(28)6-3)18-19-27-12-8-7-11-25(27)5-2/h3,7-8,11-12,14-17,20H,4-5,9-10,13,18-19,21H2,1-2H3. The molecular weight excluding hydrogens is 336 g/mol. The highest BCUT2D eigenvalue weighted by molar-refractivity contribution is 5.49. The summed E-state index contributed by atoms with van der Waals surface area (Å²) in [7, 11) is 0. The Labute approximate surface area is 171 Å². The van der Waals surface area contributed by atoms with E-state index < -0.39 is 0 Å². The maximum Gasteiger partial charge on any atom is 0.0237 e. The van der Waals surface area contributed by atoms with Crippen LogP contribution >= 0.6 is 0 Å². The zero-order chi connectivity index (χ0) is 19.8. The Kier molecular flexibility index (Phi) is 7.32. The lowest BCUT2D eigenvalue weighted by molar-refractivity contribution is 0.783. The third-order valence-electron chi connectivity index (χ3n) is 5.92. The van der Waals surface area contributed by atoms with Crippen molar-refractivity contribution in [1.82, 2.24) is 0 Å². The maximum atomic E-state index is 5.80. The summed E-state index contributed by atoms with van der Waals surface area (Å²) in [5.41, 5.74) is 9.91. The van der Waals surface area contributed by atoms with E-state index in [1.807, 2.05) is 0 Å². The number of hydrogen-bond donors (Lipinski definition) is 0. The number of hydrogen-bond acceptors (Lipinski definition) is 0. The average Bonchev–Trinajstić information content (AvgIpc) is 3.15. The fourth-order valence-corrected chi connectivity index (χ4v) is 4.14. The minimum atomic E-state index is 1.07. The molecule has 0 N–H and O–H groups in total. The molecule has 0 nitrogen and oxygen atoms in total. The molecule has 0 spiro atoms. The zero-order valence-corrected chi connectivity index (χ0v) is 17.4. The van der Waals surface area contributed by atoms with Crippen LogP contribution in [0.4, 0.5) is 0 Å². The summed E-state index contributed by atoms with van der Waals surface area (Å²) in [6.07, 6.45) is 17.0. The third kappa shape index (κ3) is 5.26. The molecule has 28 heavy (non-hydrogen) atoms. The van der Waals surface area contributed by atoms with Crippen molar-refractivity contribution in [3.05, 3.63) is 93.6 Å². The summed E-state index contributed by atoms with van der Waals surface area (Å²) in [4.78, 5) is 0. The molecule has 0 amide bonds. The van der Waals surface area contributed by atoms with Gasteiger partial charge in [-0.05, 0) is 79.7 Å². The van der Waals surface area contributed by atoms with Gasteiger partial charge in [0.05, 0.1) is 0 Å². The summed E-state index contributed by atoms with van der Waals surface area (Å²) in [6, 6.07) is 17.9. The minimum Gasteiger partial charge on any atom is -0.115 e. The van der Waals surface area contributed by atoms with Crippen molar-refractivity contribution in [2.45, 2.75) is 65.2 Å². The van der Waals surface area contributed by atoms with Gasteiger partial charge in [0.2, 0.25) is 0 Å². The van der Waals surface area contributed by atoms with Gasteiger partial charge in [-0.15, -0.1) is 6.42 Å². The first-order valence-electron chi connectivity index (χ1n) is 10.8. The summed E-state index contributed by atoms with van der Waals surface area (Å²) in [5, 5.41) is 0. The van der Waals surface area contributed by atoms with Crippen LogP contribution < -0.4 is 0 Å². The first kappa shape index (κ1) is 20.2. The Hall–Kier alpha value is -2.52. The lowest BCUT2D eigenvalue weighted by Gasteiger charge is -2.09. The molecule has 3 rings (SSSR count). The van der Waals surface area contributed by atoms with Gasteiger partial charge in [-0.3, -0.25) is 0 Å². The largest absolute Gasteiger partial charge is 0.115 e. The van der Waals surface area contributed by atoms with E-state index in [9.17, 15) is 0 Å². The van der Waals surface area contributed by atoms with Crippen LogP contribution in [0.15, 0.2) is 71.3 Å². The predicted octanol–water partition coefficient (Wildman–Crippen LogP) is 7.03. The van der Waals surface area contributed by atoms with E-state index in [-0.39, 0.29) is 0 Å². The summed E-state index contributed by atoms with van der Waals surface area (Å²) in [5.74, 6) is 2.93.